The normalized spacial score (nSPS) is 23.8. The Hall–Kier alpha value is -1.13. The van der Waals surface area contributed by atoms with Crippen molar-refractivity contribution in [2.24, 2.45) is 5.92 Å². The number of hydrogen-bond acceptors (Lipinski definition) is 4. The number of ether oxygens (including phenoxy) is 1. The number of carbonyl (C=O) groups is 1. The molecule has 0 aromatic heterocycles. The monoisotopic (exact) mass is 173 g/mol. The van der Waals surface area contributed by atoms with Crippen LogP contribution in [0.25, 0.3) is 0 Å². The molecule has 12 heavy (non-hydrogen) atoms. The molecule has 0 aromatic rings. The van der Waals surface area contributed by atoms with Gasteiger partial charge < -0.3 is 4.74 Å². The lowest BCUT2D eigenvalue weighted by atomic mass is 9.87. The van der Waals surface area contributed by atoms with Gasteiger partial charge in [-0.3, -0.25) is 14.9 Å². The van der Waals surface area contributed by atoms with Gasteiger partial charge in [-0.05, 0) is 0 Å². The summed E-state index contributed by atoms with van der Waals surface area (Å²) in [6.45, 7) is 3.20. The quantitative estimate of drug-likeness (QED) is 0.348. The molecule has 0 spiro atoms. The maximum Gasteiger partial charge on any atom is 0.306 e. The van der Waals surface area contributed by atoms with Gasteiger partial charge in [0, 0.05) is 18.8 Å². The van der Waals surface area contributed by atoms with Gasteiger partial charge in [-0.15, -0.1) is 0 Å². The second-order valence-corrected chi connectivity index (χ2v) is 3.49. The number of esters is 1. The predicted octanol–water partition coefficient (Wildman–Crippen LogP) is 0.605. The molecule has 1 aliphatic rings. The molecule has 68 valence electrons. The fourth-order valence-corrected chi connectivity index (χ4v) is 1.12. The average Bonchev–Trinajstić information content (AvgIpc) is 2.35. The van der Waals surface area contributed by atoms with Crippen LogP contribution < -0.4 is 0 Å². The third-order valence-electron chi connectivity index (χ3n) is 2.33. The Labute approximate surface area is 69.9 Å². The van der Waals surface area contributed by atoms with Crippen molar-refractivity contribution in [3.63, 3.8) is 0 Å². The zero-order valence-corrected chi connectivity index (χ0v) is 7.07. The molecule has 0 unspecified atom stereocenters. The molecule has 1 rings (SSSR count). The fourth-order valence-electron chi connectivity index (χ4n) is 1.12. The van der Waals surface area contributed by atoms with Gasteiger partial charge in [0.1, 0.15) is 6.61 Å². The summed E-state index contributed by atoms with van der Waals surface area (Å²) < 4.78 is 4.66. The molecule has 0 aliphatic carbocycles. The Morgan fingerprint density at radius 1 is 1.67 bits per heavy atom. The third-order valence-corrected chi connectivity index (χ3v) is 2.33. The second kappa shape index (κ2) is 2.73. The summed E-state index contributed by atoms with van der Waals surface area (Å²) >= 11 is 0. The molecule has 1 aliphatic heterocycles. The standard InChI is InChI=1S/C7H11NO4/c1-7(2,8(10)11)5-3-6(9)12-4-5/h5H,3-4H2,1-2H3/t5-/m1/s1. The molecular formula is C7H11NO4. The van der Waals surface area contributed by atoms with Crippen molar-refractivity contribution in [1.82, 2.24) is 0 Å². The van der Waals surface area contributed by atoms with E-state index in [1.54, 1.807) is 0 Å². The molecule has 0 bridgehead atoms. The summed E-state index contributed by atoms with van der Waals surface area (Å²) in [6.07, 6.45) is 0.161. The van der Waals surface area contributed by atoms with Crippen LogP contribution in [-0.4, -0.2) is 23.0 Å². The summed E-state index contributed by atoms with van der Waals surface area (Å²) in [5.41, 5.74) is -1.06. The van der Waals surface area contributed by atoms with Crippen molar-refractivity contribution >= 4 is 5.97 Å². The Morgan fingerprint density at radius 3 is 2.58 bits per heavy atom. The highest BCUT2D eigenvalue weighted by Gasteiger charge is 2.45. The highest BCUT2D eigenvalue weighted by atomic mass is 16.6. The third kappa shape index (κ3) is 1.39. The Bertz CT molecular complexity index is 223. The average molecular weight is 173 g/mol. The van der Waals surface area contributed by atoms with Gasteiger partial charge in [-0.2, -0.15) is 0 Å². The highest BCUT2D eigenvalue weighted by Crippen LogP contribution is 2.28. The van der Waals surface area contributed by atoms with Crippen molar-refractivity contribution in [3.8, 4) is 0 Å². The van der Waals surface area contributed by atoms with Crippen molar-refractivity contribution in [2.75, 3.05) is 6.61 Å². The van der Waals surface area contributed by atoms with Crippen LogP contribution in [0.1, 0.15) is 20.3 Å². The van der Waals surface area contributed by atoms with Gasteiger partial charge in [-0.25, -0.2) is 0 Å². The Balaban J connectivity index is 2.70. The molecule has 0 N–H and O–H groups in total. The maximum atomic E-state index is 10.7. The molecule has 0 radical (unpaired) electrons. The van der Waals surface area contributed by atoms with Crippen molar-refractivity contribution in [3.05, 3.63) is 10.1 Å². The lowest BCUT2D eigenvalue weighted by Crippen LogP contribution is -2.39. The van der Waals surface area contributed by atoms with Crippen LogP contribution in [0, 0.1) is 16.0 Å². The first-order chi connectivity index (χ1) is 5.44. The minimum atomic E-state index is -1.06. The number of nitro groups is 1. The van der Waals surface area contributed by atoms with Crippen LogP contribution in [0.4, 0.5) is 0 Å². The number of carbonyl (C=O) groups excluding carboxylic acids is 1. The van der Waals surface area contributed by atoms with Crippen LogP contribution >= 0.6 is 0 Å². The highest BCUT2D eigenvalue weighted by molar-refractivity contribution is 5.71. The number of nitrogens with zero attached hydrogens (tertiary/aromatic N) is 1. The molecular weight excluding hydrogens is 162 g/mol. The largest absolute Gasteiger partial charge is 0.465 e. The van der Waals surface area contributed by atoms with E-state index >= 15 is 0 Å². The molecule has 1 atom stereocenters. The van der Waals surface area contributed by atoms with Crippen molar-refractivity contribution < 1.29 is 14.5 Å². The minimum absolute atomic E-state index is 0.161. The van der Waals surface area contributed by atoms with Crippen molar-refractivity contribution in [1.29, 1.82) is 0 Å². The van der Waals surface area contributed by atoms with Gasteiger partial charge in [0.2, 0.25) is 5.54 Å². The molecule has 1 heterocycles. The lowest BCUT2D eigenvalue weighted by molar-refractivity contribution is -0.570. The molecule has 1 fully saturated rings. The number of cyclic esters (lactones) is 1. The molecule has 5 nitrogen and oxygen atoms in total. The minimum Gasteiger partial charge on any atom is -0.465 e. The van der Waals surface area contributed by atoms with Gasteiger partial charge >= 0.3 is 5.97 Å². The van der Waals surface area contributed by atoms with E-state index in [2.05, 4.69) is 4.74 Å². The molecule has 1 saturated heterocycles. The van der Waals surface area contributed by atoms with E-state index in [0.717, 1.165) is 0 Å². The first-order valence-electron chi connectivity index (χ1n) is 3.74. The van der Waals surface area contributed by atoms with Crippen molar-refractivity contribution in [2.45, 2.75) is 25.8 Å². The maximum absolute atomic E-state index is 10.7. The van der Waals surface area contributed by atoms with Gasteiger partial charge in [0.15, 0.2) is 0 Å². The van der Waals surface area contributed by atoms with E-state index in [9.17, 15) is 14.9 Å². The fraction of sp³-hybridized carbons (Fsp3) is 0.857. The Kier molecular flexibility index (Phi) is 2.04. The van der Waals surface area contributed by atoms with E-state index in [-0.39, 0.29) is 29.8 Å². The Morgan fingerprint density at radius 2 is 2.25 bits per heavy atom. The summed E-state index contributed by atoms with van der Waals surface area (Å²) in [4.78, 5) is 20.9. The number of hydrogen-bond donors (Lipinski definition) is 0. The van der Waals surface area contributed by atoms with E-state index in [1.807, 2.05) is 0 Å². The zero-order chi connectivity index (χ0) is 9.35. The summed E-state index contributed by atoms with van der Waals surface area (Å²) in [7, 11) is 0. The second-order valence-electron chi connectivity index (χ2n) is 3.49. The summed E-state index contributed by atoms with van der Waals surface area (Å²) in [6, 6.07) is 0. The van der Waals surface area contributed by atoms with E-state index in [4.69, 9.17) is 0 Å². The van der Waals surface area contributed by atoms with Crippen LogP contribution in [0.15, 0.2) is 0 Å². The SMILES string of the molecule is CC(C)([C@H]1COC(=O)C1)[N+](=O)[O-]. The summed E-state index contributed by atoms with van der Waals surface area (Å²) in [5.74, 6) is -0.630. The van der Waals surface area contributed by atoms with Crippen LogP contribution in [0.5, 0.6) is 0 Å². The van der Waals surface area contributed by atoms with E-state index in [0.29, 0.717) is 0 Å². The first-order valence-corrected chi connectivity index (χ1v) is 3.74. The van der Waals surface area contributed by atoms with Crippen LogP contribution in [0.3, 0.4) is 0 Å². The van der Waals surface area contributed by atoms with E-state index in [1.165, 1.54) is 13.8 Å². The predicted molar refractivity (Wildman–Crippen MR) is 40.1 cm³/mol. The van der Waals surface area contributed by atoms with Gasteiger partial charge in [0.25, 0.3) is 0 Å². The topological polar surface area (TPSA) is 69.4 Å². The molecule has 0 saturated carbocycles. The summed E-state index contributed by atoms with van der Waals surface area (Å²) in [5, 5.41) is 10.6. The lowest BCUT2D eigenvalue weighted by Gasteiger charge is -2.19. The van der Waals surface area contributed by atoms with Gasteiger partial charge in [0.05, 0.1) is 12.3 Å². The molecule has 0 amide bonds. The van der Waals surface area contributed by atoms with Gasteiger partial charge in [-0.1, -0.05) is 0 Å². The van der Waals surface area contributed by atoms with Crippen LogP contribution in [0.2, 0.25) is 0 Å². The first kappa shape index (κ1) is 8.96. The smallest absolute Gasteiger partial charge is 0.306 e. The molecule has 5 heteroatoms. The zero-order valence-electron chi connectivity index (χ0n) is 7.07. The number of rotatable bonds is 2. The molecule has 0 aromatic carbocycles. The van der Waals surface area contributed by atoms with Crippen LogP contribution in [-0.2, 0) is 9.53 Å². The van der Waals surface area contributed by atoms with E-state index < -0.39 is 5.54 Å².